The zero-order valence-corrected chi connectivity index (χ0v) is 9.07. The quantitative estimate of drug-likeness (QED) is 0.828. The highest BCUT2D eigenvalue weighted by Crippen LogP contribution is 2.19. The zero-order chi connectivity index (χ0) is 11.7. The first-order valence-electron chi connectivity index (χ1n) is 5.40. The summed E-state index contributed by atoms with van der Waals surface area (Å²) in [7, 11) is 0. The Balaban J connectivity index is 1.89. The molecule has 0 radical (unpaired) electrons. The van der Waals surface area contributed by atoms with Crippen LogP contribution in [-0.2, 0) is 13.1 Å². The Morgan fingerprint density at radius 3 is 3.00 bits per heavy atom. The van der Waals surface area contributed by atoms with Gasteiger partial charge in [0.1, 0.15) is 5.82 Å². The number of hydrogen-bond acceptors (Lipinski definition) is 4. The van der Waals surface area contributed by atoms with Gasteiger partial charge in [-0.15, -0.1) is 0 Å². The van der Waals surface area contributed by atoms with E-state index in [0.29, 0.717) is 11.6 Å². The molecule has 1 aromatic carbocycles. The molecule has 0 spiro atoms. The van der Waals surface area contributed by atoms with Gasteiger partial charge < -0.3 is 10.6 Å². The van der Waals surface area contributed by atoms with Crippen LogP contribution in [0.2, 0.25) is 0 Å². The van der Waals surface area contributed by atoms with Crippen molar-refractivity contribution in [2.24, 2.45) is 0 Å². The molecule has 2 aromatic rings. The van der Waals surface area contributed by atoms with Gasteiger partial charge in [-0.25, -0.2) is 14.4 Å². The van der Waals surface area contributed by atoms with Crippen LogP contribution >= 0.6 is 0 Å². The minimum absolute atomic E-state index is 0.310. The Morgan fingerprint density at radius 2 is 2.12 bits per heavy atom. The van der Waals surface area contributed by atoms with Crippen LogP contribution in [0, 0.1) is 5.82 Å². The van der Waals surface area contributed by atoms with Gasteiger partial charge in [0.25, 0.3) is 0 Å². The molecule has 0 unspecified atom stereocenters. The van der Waals surface area contributed by atoms with Crippen LogP contribution in [0.3, 0.4) is 0 Å². The van der Waals surface area contributed by atoms with Crippen LogP contribution in [0.15, 0.2) is 30.5 Å². The summed E-state index contributed by atoms with van der Waals surface area (Å²) in [5.41, 5.74) is 2.46. The second kappa shape index (κ2) is 4.10. The van der Waals surface area contributed by atoms with E-state index in [1.165, 1.54) is 6.07 Å². The fourth-order valence-corrected chi connectivity index (χ4v) is 1.80. The minimum atomic E-state index is -0.310. The molecule has 0 fully saturated rings. The Morgan fingerprint density at radius 1 is 1.24 bits per heavy atom. The van der Waals surface area contributed by atoms with Crippen molar-refractivity contribution in [1.29, 1.82) is 0 Å². The lowest BCUT2D eigenvalue weighted by atomic mass is 10.3. The lowest BCUT2D eigenvalue weighted by Gasteiger charge is -2.06. The van der Waals surface area contributed by atoms with Gasteiger partial charge in [0, 0.05) is 24.8 Å². The topological polar surface area (TPSA) is 49.8 Å². The molecule has 5 heteroatoms. The van der Waals surface area contributed by atoms with Crippen LogP contribution in [0.4, 0.5) is 16.0 Å². The minimum Gasteiger partial charge on any atom is -0.322 e. The van der Waals surface area contributed by atoms with Gasteiger partial charge in [-0.1, -0.05) is 12.1 Å². The molecule has 0 atom stereocenters. The third-order valence-electron chi connectivity index (χ3n) is 2.68. The number of benzene rings is 1. The molecule has 4 nitrogen and oxygen atoms in total. The normalized spacial score (nSPS) is 13.5. The first-order valence-corrected chi connectivity index (χ1v) is 5.40. The molecule has 0 bridgehead atoms. The first kappa shape index (κ1) is 10.2. The smallest absolute Gasteiger partial charge is 0.227 e. The molecule has 0 amide bonds. The number of para-hydroxylation sites is 1. The van der Waals surface area contributed by atoms with E-state index in [9.17, 15) is 4.39 Å². The summed E-state index contributed by atoms with van der Waals surface area (Å²) in [6, 6.07) is 6.47. The third kappa shape index (κ3) is 1.97. The molecular weight excluding hydrogens is 219 g/mol. The van der Waals surface area contributed by atoms with Gasteiger partial charge in [-0.05, 0) is 12.1 Å². The Labute approximate surface area is 97.9 Å². The third-order valence-corrected chi connectivity index (χ3v) is 2.68. The van der Waals surface area contributed by atoms with Crippen LogP contribution in [0.1, 0.15) is 11.3 Å². The van der Waals surface area contributed by atoms with Crippen molar-refractivity contribution in [3.8, 4) is 0 Å². The van der Waals surface area contributed by atoms with Crippen molar-refractivity contribution in [1.82, 2.24) is 15.3 Å². The number of halogens is 1. The van der Waals surface area contributed by atoms with Crippen LogP contribution in [-0.4, -0.2) is 9.97 Å². The van der Waals surface area contributed by atoms with Gasteiger partial charge >= 0.3 is 0 Å². The summed E-state index contributed by atoms with van der Waals surface area (Å²) in [5.74, 6) is 0.118. The number of aromatic nitrogens is 2. The van der Waals surface area contributed by atoms with Gasteiger partial charge in [0.15, 0.2) is 0 Å². The average molecular weight is 230 g/mol. The van der Waals surface area contributed by atoms with E-state index in [-0.39, 0.29) is 5.82 Å². The summed E-state index contributed by atoms with van der Waals surface area (Å²) in [6.45, 7) is 1.54. The molecule has 86 valence electrons. The van der Waals surface area contributed by atoms with Crippen molar-refractivity contribution in [2.75, 3.05) is 5.32 Å². The number of nitrogens with zero attached hydrogens (tertiary/aromatic N) is 2. The molecular formula is C12H11FN4. The highest BCUT2D eigenvalue weighted by molar-refractivity contribution is 5.54. The van der Waals surface area contributed by atoms with E-state index in [4.69, 9.17) is 0 Å². The molecule has 2 N–H and O–H groups in total. The molecule has 1 aliphatic rings. The van der Waals surface area contributed by atoms with E-state index < -0.39 is 0 Å². The number of nitrogens with one attached hydrogen (secondary N) is 2. The summed E-state index contributed by atoms with van der Waals surface area (Å²) in [4.78, 5) is 8.50. The van der Waals surface area contributed by atoms with Crippen molar-refractivity contribution < 1.29 is 4.39 Å². The molecule has 0 aliphatic carbocycles. The molecule has 17 heavy (non-hydrogen) atoms. The van der Waals surface area contributed by atoms with Crippen molar-refractivity contribution in [2.45, 2.75) is 13.1 Å². The van der Waals surface area contributed by atoms with Crippen molar-refractivity contribution >= 4 is 11.6 Å². The Bertz CT molecular complexity index is 556. The molecule has 0 saturated carbocycles. The van der Waals surface area contributed by atoms with Crippen LogP contribution in [0.5, 0.6) is 0 Å². The van der Waals surface area contributed by atoms with Gasteiger partial charge in [0.2, 0.25) is 5.95 Å². The fourth-order valence-electron chi connectivity index (χ4n) is 1.80. The summed E-state index contributed by atoms with van der Waals surface area (Å²) in [6.07, 6.45) is 1.77. The summed E-state index contributed by atoms with van der Waals surface area (Å²) in [5, 5.41) is 6.06. The van der Waals surface area contributed by atoms with E-state index in [0.717, 1.165) is 24.3 Å². The maximum absolute atomic E-state index is 13.4. The van der Waals surface area contributed by atoms with Crippen LogP contribution < -0.4 is 10.6 Å². The lowest BCUT2D eigenvalue weighted by Crippen LogP contribution is -2.02. The van der Waals surface area contributed by atoms with Gasteiger partial charge in [-0.2, -0.15) is 0 Å². The second-order valence-corrected chi connectivity index (χ2v) is 3.87. The second-order valence-electron chi connectivity index (χ2n) is 3.87. The predicted molar refractivity (Wildman–Crippen MR) is 62.3 cm³/mol. The highest BCUT2D eigenvalue weighted by atomic mass is 19.1. The molecule has 0 saturated heterocycles. The summed E-state index contributed by atoms with van der Waals surface area (Å²) >= 11 is 0. The van der Waals surface area contributed by atoms with Crippen LogP contribution in [0.25, 0.3) is 0 Å². The fraction of sp³-hybridized carbons (Fsp3) is 0.167. The van der Waals surface area contributed by atoms with E-state index in [1.807, 2.05) is 0 Å². The number of fused-ring (bicyclic) bond motifs is 1. The number of anilines is 2. The van der Waals surface area contributed by atoms with E-state index in [2.05, 4.69) is 20.6 Å². The summed E-state index contributed by atoms with van der Waals surface area (Å²) < 4.78 is 13.4. The number of rotatable bonds is 2. The zero-order valence-electron chi connectivity index (χ0n) is 9.07. The SMILES string of the molecule is Fc1ccccc1Nc1ncc2c(n1)CNC2. The van der Waals surface area contributed by atoms with E-state index in [1.54, 1.807) is 24.4 Å². The lowest BCUT2D eigenvalue weighted by molar-refractivity contribution is 0.631. The maximum atomic E-state index is 13.4. The monoisotopic (exact) mass is 230 g/mol. The highest BCUT2D eigenvalue weighted by Gasteiger charge is 2.13. The molecule has 1 aliphatic heterocycles. The van der Waals surface area contributed by atoms with E-state index >= 15 is 0 Å². The maximum Gasteiger partial charge on any atom is 0.227 e. The Hall–Kier alpha value is -2.01. The standard InChI is InChI=1S/C12H11FN4/c13-9-3-1-2-4-10(9)16-12-15-6-8-5-14-7-11(8)17-12/h1-4,6,14H,5,7H2,(H,15,16,17). The average Bonchev–Trinajstić information content (AvgIpc) is 2.79. The number of hydrogen-bond donors (Lipinski definition) is 2. The van der Waals surface area contributed by atoms with Crippen molar-refractivity contribution in [3.63, 3.8) is 0 Å². The predicted octanol–water partition coefficient (Wildman–Crippen LogP) is 1.96. The largest absolute Gasteiger partial charge is 0.322 e. The Kier molecular flexibility index (Phi) is 2.45. The molecule has 2 heterocycles. The molecule has 1 aromatic heterocycles. The van der Waals surface area contributed by atoms with Crippen molar-refractivity contribution in [3.05, 3.63) is 47.5 Å². The first-order chi connectivity index (χ1) is 8.33. The van der Waals surface area contributed by atoms with Gasteiger partial charge in [0.05, 0.1) is 11.4 Å². The molecule has 3 rings (SSSR count). The van der Waals surface area contributed by atoms with Gasteiger partial charge in [-0.3, -0.25) is 0 Å².